The maximum absolute atomic E-state index is 12.6. The van der Waals surface area contributed by atoms with Gasteiger partial charge in [-0.2, -0.15) is 0 Å². The van der Waals surface area contributed by atoms with Crippen molar-refractivity contribution < 1.29 is 4.79 Å². The summed E-state index contributed by atoms with van der Waals surface area (Å²) in [5.74, 6) is 0.240. The van der Waals surface area contributed by atoms with E-state index in [1.807, 2.05) is 17.0 Å². The lowest BCUT2D eigenvalue weighted by atomic mass is 10.0. The van der Waals surface area contributed by atoms with Crippen molar-refractivity contribution in [1.29, 1.82) is 0 Å². The summed E-state index contributed by atoms with van der Waals surface area (Å²) >= 11 is 0. The third kappa shape index (κ3) is 3.78. The maximum atomic E-state index is 12.6. The molecule has 3 rings (SSSR count). The van der Waals surface area contributed by atoms with Gasteiger partial charge in [-0.05, 0) is 55.2 Å². The fourth-order valence-corrected chi connectivity index (χ4v) is 3.43. The highest BCUT2D eigenvalue weighted by molar-refractivity contribution is 5.79. The first-order valence-electron chi connectivity index (χ1n) is 8.68. The monoisotopic (exact) mass is 322 g/mol. The summed E-state index contributed by atoms with van der Waals surface area (Å²) in [6.07, 6.45) is 0.510. The first-order chi connectivity index (χ1) is 11.5. The Morgan fingerprint density at radius 2 is 1.54 bits per heavy atom. The number of piperazine rings is 1. The molecule has 2 aromatic rings. The summed E-state index contributed by atoms with van der Waals surface area (Å²) in [6.45, 7) is 9.76. The molecule has 1 heterocycles. The molecule has 0 aliphatic carbocycles. The molecule has 0 unspecified atom stereocenters. The number of aryl methyl sites for hydroxylation is 3. The van der Waals surface area contributed by atoms with Crippen LogP contribution in [0.3, 0.4) is 0 Å². The lowest BCUT2D eigenvalue weighted by molar-refractivity contribution is -0.130. The summed E-state index contributed by atoms with van der Waals surface area (Å²) in [4.78, 5) is 17.0. The van der Waals surface area contributed by atoms with E-state index in [-0.39, 0.29) is 5.91 Å². The minimum Gasteiger partial charge on any atom is -0.368 e. The molecule has 1 aliphatic rings. The van der Waals surface area contributed by atoms with E-state index in [4.69, 9.17) is 0 Å². The van der Waals surface area contributed by atoms with Crippen LogP contribution in [-0.4, -0.2) is 37.0 Å². The van der Waals surface area contributed by atoms with Crippen molar-refractivity contribution in [3.05, 3.63) is 64.7 Å². The van der Waals surface area contributed by atoms with Gasteiger partial charge in [0.25, 0.3) is 0 Å². The Kier molecular flexibility index (Phi) is 4.89. The molecule has 0 bridgehead atoms. The highest BCUT2D eigenvalue weighted by Gasteiger charge is 2.21. The Hall–Kier alpha value is -2.29. The Labute approximate surface area is 144 Å². The number of nitrogens with zero attached hydrogens (tertiary/aromatic N) is 2. The van der Waals surface area contributed by atoms with Crippen molar-refractivity contribution in [1.82, 2.24) is 4.90 Å². The van der Waals surface area contributed by atoms with Crippen LogP contribution in [0.15, 0.2) is 42.5 Å². The topological polar surface area (TPSA) is 23.6 Å². The van der Waals surface area contributed by atoms with Gasteiger partial charge in [0.1, 0.15) is 0 Å². The van der Waals surface area contributed by atoms with Gasteiger partial charge in [0.2, 0.25) is 5.91 Å². The van der Waals surface area contributed by atoms with Crippen molar-refractivity contribution in [2.75, 3.05) is 31.1 Å². The first-order valence-corrected chi connectivity index (χ1v) is 8.68. The van der Waals surface area contributed by atoms with Crippen LogP contribution in [0.4, 0.5) is 5.69 Å². The fraction of sp³-hybridized carbons (Fsp3) is 0.381. The number of rotatable bonds is 3. The van der Waals surface area contributed by atoms with E-state index in [2.05, 4.69) is 56.0 Å². The zero-order valence-corrected chi connectivity index (χ0v) is 14.9. The smallest absolute Gasteiger partial charge is 0.227 e. The quantitative estimate of drug-likeness (QED) is 0.863. The molecule has 0 aromatic heterocycles. The SMILES string of the molecule is Cc1cc(C)cc(N2CCN(C(=O)Cc3ccccc3C)CC2)c1. The molecule has 3 nitrogen and oxygen atoms in total. The van der Waals surface area contributed by atoms with Crippen molar-refractivity contribution in [3.63, 3.8) is 0 Å². The third-order valence-electron chi connectivity index (χ3n) is 4.81. The molecular weight excluding hydrogens is 296 g/mol. The maximum Gasteiger partial charge on any atom is 0.227 e. The highest BCUT2D eigenvalue weighted by atomic mass is 16.2. The summed E-state index contributed by atoms with van der Waals surface area (Å²) in [6, 6.07) is 14.8. The van der Waals surface area contributed by atoms with E-state index in [1.165, 1.54) is 22.4 Å². The van der Waals surface area contributed by atoms with Gasteiger partial charge < -0.3 is 9.80 Å². The normalized spacial score (nSPS) is 14.8. The molecule has 1 fully saturated rings. The molecule has 2 aromatic carbocycles. The number of benzene rings is 2. The van der Waals surface area contributed by atoms with Gasteiger partial charge in [-0.1, -0.05) is 30.3 Å². The summed E-state index contributed by atoms with van der Waals surface area (Å²) in [5, 5.41) is 0. The third-order valence-corrected chi connectivity index (χ3v) is 4.81. The number of carbonyl (C=O) groups excluding carboxylic acids is 1. The van der Waals surface area contributed by atoms with Crippen LogP contribution < -0.4 is 4.90 Å². The second-order valence-electron chi connectivity index (χ2n) is 6.82. The van der Waals surface area contributed by atoms with Crippen LogP contribution >= 0.6 is 0 Å². The number of anilines is 1. The zero-order chi connectivity index (χ0) is 17.1. The predicted octanol–water partition coefficient (Wildman–Crippen LogP) is 3.50. The molecule has 1 amide bonds. The van der Waals surface area contributed by atoms with Crippen LogP contribution in [0.2, 0.25) is 0 Å². The standard InChI is InChI=1S/C21H26N2O/c1-16-12-17(2)14-20(13-16)22-8-10-23(11-9-22)21(24)15-19-7-5-4-6-18(19)3/h4-7,12-14H,8-11,15H2,1-3H3. The Morgan fingerprint density at radius 3 is 2.17 bits per heavy atom. The summed E-state index contributed by atoms with van der Waals surface area (Å²) in [5.41, 5.74) is 6.20. The molecule has 0 N–H and O–H groups in total. The van der Waals surface area contributed by atoms with Crippen LogP contribution in [-0.2, 0) is 11.2 Å². The van der Waals surface area contributed by atoms with E-state index in [0.717, 1.165) is 31.7 Å². The Morgan fingerprint density at radius 1 is 0.917 bits per heavy atom. The summed E-state index contributed by atoms with van der Waals surface area (Å²) < 4.78 is 0. The Balaban J connectivity index is 1.60. The van der Waals surface area contributed by atoms with E-state index in [1.54, 1.807) is 0 Å². The lowest BCUT2D eigenvalue weighted by Gasteiger charge is -2.36. The van der Waals surface area contributed by atoms with Gasteiger partial charge in [0.05, 0.1) is 6.42 Å². The minimum atomic E-state index is 0.240. The molecule has 1 saturated heterocycles. The molecular formula is C21H26N2O. The summed E-state index contributed by atoms with van der Waals surface area (Å²) in [7, 11) is 0. The lowest BCUT2D eigenvalue weighted by Crippen LogP contribution is -2.49. The number of carbonyl (C=O) groups is 1. The minimum absolute atomic E-state index is 0.240. The first kappa shape index (κ1) is 16.6. The van der Waals surface area contributed by atoms with Gasteiger partial charge in [-0.3, -0.25) is 4.79 Å². The van der Waals surface area contributed by atoms with Crippen LogP contribution in [0, 0.1) is 20.8 Å². The van der Waals surface area contributed by atoms with Crippen molar-refractivity contribution in [3.8, 4) is 0 Å². The Bertz CT molecular complexity index is 710. The zero-order valence-electron chi connectivity index (χ0n) is 14.9. The molecule has 0 saturated carbocycles. The van der Waals surface area contributed by atoms with Gasteiger partial charge >= 0.3 is 0 Å². The van der Waals surface area contributed by atoms with Crippen LogP contribution in [0.5, 0.6) is 0 Å². The number of hydrogen-bond acceptors (Lipinski definition) is 2. The van der Waals surface area contributed by atoms with Crippen LogP contribution in [0.25, 0.3) is 0 Å². The molecule has 0 radical (unpaired) electrons. The van der Waals surface area contributed by atoms with Gasteiger partial charge in [-0.25, -0.2) is 0 Å². The molecule has 126 valence electrons. The van der Waals surface area contributed by atoms with Crippen molar-refractivity contribution in [2.24, 2.45) is 0 Å². The average molecular weight is 322 g/mol. The van der Waals surface area contributed by atoms with Crippen molar-refractivity contribution in [2.45, 2.75) is 27.2 Å². The molecule has 24 heavy (non-hydrogen) atoms. The fourth-order valence-electron chi connectivity index (χ4n) is 3.43. The average Bonchev–Trinajstić information content (AvgIpc) is 2.56. The second-order valence-corrected chi connectivity index (χ2v) is 6.82. The number of hydrogen-bond donors (Lipinski definition) is 0. The second kappa shape index (κ2) is 7.08. The van der Waals surface area contributed by atoms with Gasteiger partial charge in [-0.15, -0.1) is 0 Å². The van der Waals surface area contributed by atoms with E-state index in [0.29, 0.717) is 6.42 Å². The molecule has 3 heteroatoms. The molecule has 0 spiro atoms. The van der Waals surface area contributed by atoms with Crippen LogP contribution in [0.1, 0.15) is 22.3 Å². The highest BCUT2D eigenvalue weighted by Crippen LogP contribution is 2.20. The largest absolute Gasteiger partial charge is 0.368 e. The predicted molar refractivity (Wildman–Crippen MR) is 99.6 cm³/mol. The number of amides is 1. The van der Waals surface area contributed by atoms with E-state index >= 15 is 0 Å². The van der Waals surface area contributed by atoms with Gasteiger partial charge in [0, 0.05) is 31.9 Å². The van der Waals surface area contributed by atoms with Gasteiger partial charge in [0.15, 0.2) is 0 Å². The molecule has 0 atom stereocenters. The van der Waals surface area contributed by atoms with Crippen molar-refractivity contribution >= 4 is 11.6 Å². The van der Waals surface area contributed by atoms with E-state index in [9.17, 15) is 4.79 Å². The van der Waals surface area contributed by atoms with E-state index < -0.39 is 0 Å². The molecule has 1 aliphatic heterocycles.